The van der Waals surface area contributed by atoms with Crippen molar-refractivity contribution in [3.05, 3.63) is 71.7 Å². The minimum Gasteiger partial charge on any atom is -0.494 e. The third-order valence-electron chi connectivity index (χ3n) is 5.38. The number of rotatable bonds is 8. The van der Waals surface area contributed by atoms with E-state index in [0.717, 1.165) is 24.2 Å². The summed E-state index contributed by atoms with van der Waals surface area (Å²) < 4.78 is 11.2. The number of ether oxygens (including phenoxy) is 2. The van der Waals surface area contributed by atoms with Gasteiger partial charge in [0.1, 0.15) is 18.4 Å². The second-order valence-corrected chi connectivity index (χ2v) is 8.60. The van der Waals surface area contributed by atoms with Crippen LogP contribution in [-0.2, 0) is 16.1 Å². The molecule has 1 aromatic heterocycles. The van der Waals surface area contributed by atoms with Crippen molar-refractivity contribution in [3.63, 3.8) is 0 Å². The second kappa shape index (κ2) is 11.0. The van der Waals surface area contributed by atoms with Gasteiger partial charge in [0.15, 0.2) is 5.13 Å². The van der Waals surface area contributed by atoms with Gasteiger partial charge < -0.3 is 9.47 Å². The highest BCUT2D eigenvalue weighted by atomic mass is 32.1. The molecule has 4 rings (SSSR count). The summed E-state index contributed by atoms with van der Waals surface area (Å²) in [6, 6.07) is 16.3. The zero-order valence-electron chi connectivity index (χ0n) is 18.6. The molecular formula is C25H27N3O4S. The molecule has 0 N–H and O–H groups in total. The SMILES string of the molecule is CCCOc1ccc(N(C(=O)C2CCCN2C(=O)OCc2ccccc2)c2nccs2)cc1. The molecule has 1 atom stereocenters. The minimum atomic E-state index is -0.604. The maximum Gasteiger partial charge on any atom is 0.410 e. The molecule has 33 heavy (non-hydrogen) atoms. The Morgan fingerprint density at radius 3 is 2.64 bits per heavy atom. The summed E-state index contributed by atoms with van der Waals surface area (Å²) in [4.78, 5) is 34.0. The molecule has 1 aliphatic rings. The van der Waals surface area contributed by atoms with Gasteiger partial charge in [0, 0.05) is 18.1 Å². The fraction of sp³-hybridized carbons (Fsp3) is 0.320. The molecule has 0 saturated carbocycles. The van der Waals surface area contributed by atoms with Crippen molar-refractivity contribution in [1.29, 1.82) is 0 Å². The van der Waals surface area contributed by atoms with E-state index in [9.17, 15) is 9.59 Å². The summed E-state index contributed by atoms with van der Waals surface area (Å²) in [6.07, 6.45) is 3.44. The van der Waals surface area contributed by atoms with Crippen molar-refractivity contribution in [1.82, 2.24) is 9.88 Å². The second-order valence-electron chi connectivity index (χ2n) is 7.72. The van der Waals surface area contributed by atoms with Gasteiger partial charge in [-0.15, -0.1) is 11.3 Å². The number of hydrogen-bond donors (Lipinski definition) is 0. The maximum absolute atomic E-state index is 13.7. The van der Waals surface area contributed by atoms with Gasteiger partial charge in [-0.3, -0.25) is 14.6 Å². The monoisotopic (exact) mass is 465 g/mol. The first kappa shape index (κ1) is 22.8. The quantitative estimate of drug-likeness (QED) is 0.446. The smallest absolute Gasteiger partial charge is 0.410 e. The van der Waals surface area contributed by atoms with Gasteiger partial charge in [0.05, 0.1) is 12.3 Å². The Morgan fingerprint density at radius 2 is 1.94 bits per heavy atom. The van der Waals surface area contributed by atoms with Crippen LogP contribution < -0.4 is 9.64 Å². The topological polar surface area (TPSA) is 72.0 Å². The zero-order valence-corrected chi connectivity index (χ0v) is 19.4. The van der Waals surface area contributed by atoms with Crippen LogP contribution in [0.5, 0.6) is 5.75 Å². The normalized spacial score (nSPS) is 15.3. The van der Waals surface area contributed by atoms with E-state index in [1.165, 1.54) is 16.2 Å². The number of nitrogens with zero attached hydrogens (tertiary/aromatic N) is 3. The molecule has 172 valence electrons. The molecule has 1 fully saturated rings. The molecule has 2 heterocycles. The van der Waals surface area contributed by atoms with E-state index in [2.05, 4.69) is 11.9 Å². The fourth-order valence-electron chi connectivity index (χ4n) is 3.76. The molecule has 7 nitrogen and oxygen atoms in total. The number of benzene rings is 2. The third kappa shape index (κ3) is 5.51. The molecule has 2 amide bonds. The average molecular weight is 466 g/mol. The van der Waals surface area contributed by atoms with Crippen LogP contribution in [0.25, 0.3) is 0 Å². The van der Waals surface area contributed by atoms with E-state index in [0.29, 0.717) is 30.4 Å². The third-order valence-corrected chi connectivity index (χ3v) is 6.13. The maximum atomic E-state index is 13.7. The van der Waals surface area contributed by atoms with Crippen LogP contribution in [0, 0.1) is 0 Å². The van der Waals surface area contributed by atoms with Crippen molar-refractivity contribution in [2.24, 2.45) is 0 Å². The standard InChI is InChI=1S/C25H27N3O4S/c1-2-16-31-21-12-10-20(11-13-21)28(24-26-14-17-33-24)23(29)22-9-6-15-27(22)25(30)32-18-19-7-4-3-5-8-19/h3-5,7-8,10-14,17,22H,2,6,9,15-16,18H2,1H3. The van der Waals surface area contributed by atoms with Gasteiger partial charge in [-0.2, -0.15) is 0 Å². The Hall–Kier alpha value is -3.39. The van der Waals surface area contributed by atoms with Gasteiger partial charge in [0.25, 0.3) is 5.91 Å². The number of carbonyl (C=O) groups is 2. The lowest BCUT2D eigenvalue weighted by Gasteiger charge is -2.28. The van der Waals surface area contributed by atoms with E-state index < -0.39 is 12.1 Å². The van der Waals surface area contributed by atoms with Crippen LogP contribution in [0.2, 0.25) is 0 Å². The van der Waals surface area contributed by atoms with Crippen LogP contribution in [0.1, 0.15) is 31.7 Å². The fourth-order valence-corrected chi connectivity index (χ4v) is 4.43. The summed E-state index contributed by atoms with van der Waals surface area (Å²) in [5, 5.41) is 2.39. The lowest BCUT2D eigenvalue weighted by molar-refractivity contribution is -0.121. The highest BCUT2D eigenvalue weighted by Gasteiger charge is 2.39. The van der Waals surface area contributed by atoms with Gasteiger partial charge in [-0.25, -0.2) is 9.78 Å². The summed E-state index contributed by atoms with van der Waals surface area (Å²) in [7, 11) is 0. The molecular weight excluding hydrogens is 438 g/mol. The van der Waals surface area contributed by atoms with Crippen LogP contribution in [0.3, 0.4) is 0 Å². The van der Waals surface area contributed by atoms with Gasteiger partial charge in [-0.1, -0.05) is 37.3 Å². The van der Waals surface area contributed by atoms with Crippen LogP contribution in [0.15, 0.2) is 66.2 Å². The van der Waals surface area contributed by atoms with Crippen molar-refractivity contribution in [3.8, 4) is 5.75 Å². The number of amides is 2. The zero-order chi connectivity index (χ0) is 23.0. The number of hydrogen-bond acceptors (Lipinski definition) is 6. The Morgan fingerprint density at radius 1 is 1.15 bits per heavy atom. The highest BCUT2D eigenvalue weighted by Crippen LogP contribution is 2.32. The van der Waals surface area contributed by atoms with Crippen molar-refractivity contribution in [2.45, 2.75) is 38.8 Å². The number of thiazole rings is 1. The molecule has 0 bridgehead atoms. The lowest BCUT2D eigenvalue weighted by Crippen LogP contribution is -2.46. The van der Waals surface area contributed by atoms with Crippen molar-refractivity contribution < 1.29 is 19.1 Å². The minimum absolute atomic E-state index is 0.173. The predicted octanol–water partition coefficient (Wildman–Crippen LogP) is 5.40. The van der Waals surface area contributed by atoms with Gasteiger partial charge in [-0.05, 0) is 49.1 Å². The molecule has 0 radical (unpaired) electrons. The summed E-state index contributed by atoms with van der Waals surface area (Å²) in [6.45, 7) is 3.35. The molecule has 8 heteroatoms. The van der Waals surface area contributed by atoms with Crippen LogP contribution >= 0.6 is 11.3 Å². The van der Waals surface area contributed by atoms with Gasteiger partial charge in [0.2, 0.25) is 0 Å². The molecule has 2 aromatic carbocycles. The summed E-state index contributed by atoms with van der Waals surface area (Å²) in [5.41, 5.74) is 1.59. The Bertz CT molecular complexity index is 1040. The molecule has 0 aliphatic carbocycles. The van der Waals surface area contributed by atoms with Gasteiger partial charge >= 0.3 is 6.09 Å². The Balaban J connectivity index is 1.51. The van der Waals surface area contributed by atoms with E-state index in [-0.39, 0.29) is 12.5 Å². The molecule has 1 aliphatic heterocycles. The molecule has 3 aromatic rings. The number of anilines is 2. The predicted molar refractivity (Wildman–Crippen MR) is 128 cm³/mol. The first-order valence-electron chi connectivity index (χ1n) is 11.1. The number of likely N-dealkylation sites (tertiary alicyclic amines) is 1. The summed E-state index contributed by atoms with van der Waals surface area (Å²) in [5.74, 6) is 0.556. The molecule has 1 saturated heterocycles. The van der Waals surface area contributed by atoms with E-state index >= 15 is 0 Å². The lowest BCUT2D eigenvalue weighted by atomic mass is 10.1. The largest absolute Gasteiger partial charge is 0.494 e. The Labute approximate surface area is 197 Å². The summed E-state index contributed by atoms with van der Waals surface area (Å²) >= 11 is 1.38. The molecule has 1 unspecified atom stereocenters. The van der Waals surface area contributed by atoms with E-state index in [4.69, 9.17) is 9.47 Å². The van der Waals surface area contributed by atoms with Crippen molar-refractivity contribution >= 4 is 34.2 Å². The Kier molecular flexibility index (Phi) is 7.57. The van der Waals surface area contributed by atoms with Crippen molar-refractivity contribution in [2.75, 3.05) is 18.1 Å². The van der Waals surface area contributed by atoms with E-state index in [1.54, 1.807) is 11.1 Å². The number of carbonyl (C=O) groups excluding carboxylic acids is 2. The van der Waals surface area contributed by atoms with Crippen LogP contribution in [0.4, 0.5) is 15.6 Å². The molecule has 0 spiro atoms. The van der Waals surface area contributed by atoms with E-state index in [1.807, 2.05) is 60.0 Å². The highest BCUT2D eigenvalue weighted by molar-refractivity contribution is 7.13. The average Bonchev–Trinajstić information content (AvgIpc) is 3.55. The first-order chi connectivity index (χ1) is 16.2. The van der Waals surface area contributed by atoms with Crippen LogP contribution in [-0.4, -0.2) is 41.1 Å². The number of aromatic nitrogens is 1. The first-order valence-corrected chi connectivity index (χ1v) is 12.0.